The number of aromatic nitrogens is 1. The van der Waals surface area contributed by atoms with Crippen molar-refractivity contribution in [1.82, 2.24) is 10.3 Å². The minimum Gasteiger partial charge on any atom is -0.382 e. The van der Waals surface area contributed by atoms with Crippen molar-refractivity contribution < 1.29 is 4.79 Å². The largest absolute Gasteiger partial charge is 0.382 e. The number of anilines is 2. The van der Waals surface area contributed by atoms with E-state index in [1.165, 1.54) is 43.4 Å². The van der Waals surface area contributed by atoms with E-state index in [1.807, 2.05) is 0 Å². The summed E-state index contributed by atoms with van der Waals surface area (Å²) in [6.45, 7) is 2.06. The molecule has 0 saturated heterocycles. The third-order valence-corrected chi connectivity index (χ3v) is 4.98. The van der Waals surface area contributed by atoms with Crippen molar-refractivity contribution in [3.63, 3.8) is 0 Å². The van der Waals surface area contributed by atoms with Gasteiger partial charge in [-0.1, -0.05) is 11.3 Å². The number of nitrogens with one attached hydrogen (secondary N) is 2. The van der Waals surface area contributed by atoms with Gasteiger partial charge in [0.1, 0.15) is 10.7 Å². The first-order valence-electron chi connectivity index (χ1n) is 6.97. The molecule has 0 bridgehead atoms. The zero-order valence-corrected chi connectivity index (χ0v) is 11.9. The SMILES string of the molecule is CC(NC(=O)c1sc(NC2CCC2)nc1N)C1CC1. The maximum Gasteiger partial charge on any atom is 0.265 e. The first-order valence-corrected chi connectivity index (χ1v) is 7.79. The van der Waals surface area contributed by atoms with Crippen LogP contribution in [0.15, 0.2) is 0 Å². The second kappa shape index (κ2) is 5.00. The standard InChI is InChI=1S/C13H20N4OS/c1-7(8-5-6-8)15-12(18)10-11(14)17-13(19-10)16-9-3-2-4-9/h7-9H,2-6,14H2,1H3,(H,15,18)(H,16,17). The zero-order valence-electron chi connectivity index (χ0n) is 11.1. The molecule has 104 valence electrons. The van der Waals surface area contributed by atoms with E-state index in [1.54, 1.807) is 0 Å². The predicted molar refractivity (Wildman–Crippen MR) is 77.4 cm³/mol. The van der Waals surface area contributed by atoms with Crippen molar-refractivity contribution in [2.45, 2.75) is 51.1 Å². The number of hydrogen-bond donors (Lipinski definition) is 3. The van der Waals surface area contributed by atoms with Crippen LogP contribution in [0.5, 0.6) is 0 Å². The minimum atomic E-state index is -0.0870. The number of nitrogens with zero attached hydrogens (tertiary/aromatic N) is 1. The van der Waals surface area contributed by atoms with Crippen LogP contribution >= 0.6 is 11.3 Å². The average molecular weight is 280 g/mol. The molecule has 1 aromatic rings. The van der Waals surface area contributed by atoms with Crippen LogP contribution in [0.1, 0.15) is 48.7 Å². The first-order chi connectivity index (χ1) is 9.13. The summed E-state index contributed by atoms with van der Waals surface area (Å²) in [6.07, 6.45) is 6.06. The highest BCUT2D eigenvalue weighted by molar-refractivity contribution is 7.18. The molecule has 5 nitrogen and oxygen atoms in total. The fourth-order valence-corrected chi connectivity index (χ4v) is 3.13. The van der Waals surface area contributed by atoms with E-state index < -0.39 is 0 Å². The first kappa shape index (κ1) is 12.7. The molecular formula is C13H20N4OS. The summed E-state index contributed by atoms with van der Waals surface area (Å²) >= 11 is 1.36. The molecule has 1 heterocycles. The molecule has 1 atom stereocenters. The van der Waals surface area contributed by atoms with Crippen LogP contribution < -0.4 is 16.4 Å². The van der Waals surface area contributed by atoms with Crippen LogP contribution in [-0.2, 0) is 0 Å². The van der Waals surface area contributed by atoms with E-state index in [2.05, 4.69) is 22.5 Å². The fraction of sp³-hybridized carbons (Fsp3) is 0.692. The van der Waals surface area contributed by atoms with E-state index >= 15 is 0 Å². The fourth-order valence-electron chi connectivity index (χ4n) is 2.27. The minimum absolute atomic E-state index is 0.0870. The molecule has 1 amide bonds. The molecule has 2 aliphatic rings. The number of nitrogen functional groups attached to an aromatic ring is 1. The Kier molecular flexibility index (Phi) is 3.35. The number of carbonyl (C=O) groups excluding carboxylic acids is 1. The predicted octanol–water partition coefficient (Wildman–Crippen LogP) is 2.22. The Morgan fingerprint density at radius 3 is 2.74 bits per heavy atom. The summed E-state index contributed by atoms with van der Waals surface area (Å²) in [5.74, 6) is 0.897. The highest BCUT2D eigenvalue weighted by Gasteiger charge is 2.30. The summed E-state index contributed by atoms with van der Waals surface area (Å²) in [5, 5.41) is 7.12. The number of thiazole rings is 1. The monoisotopic (exact) mass is 280 g/mol. The average Bonchev–Trinajstić information content (AvgIpc) is 3.08. The smallest absolute Gasteiger partial charge is 0.265 e. The Morgan fingerprint density at radius 2 is 2.16 bits per heavy atom. The van der Waals surface area contributed by atoms with Gasteiger partial charge in [0.2, 0.25) is 0 Å². The van der Waals surface area contributed by atoms with Crippen molar-refractivity contribution in [3.8, 4) is 0 Å². The van der Waals surface area contributed by atoms with Crippen LogP contribution in [0.2, 0.25) is 0 Å². The lowest BCUT2D eigenvalue weighted by Gasteiger charge is -2.25. The number of amides is 1. The zero-order chi connectivity index (χ0) is 13.4. The van der Waals surface area contributed by atoms with Gasteiger partial charge in [0.15, 0.2) is 5.13 Å². The maximum absolute atomic E-state index is 12.1. The Hall–Kier alpha value is -1.30. The van der Waals surface area contributed by atoms with Crippen LogP contribution in [0.25, 0.3) is 0 Å². The molecule has 3 rings (SSSR count). The number of nitrogens with two attached hydrogens (primary N) is 1. The quantitative estimate of drug-likeness (QED) is 0.772. The second-order valence-electron chi connectivity index (χ2n) is 5.61. The Balaban J connectivity index is 1.63. The Labute approximate surface area is 117 Å². The molecule has 0 radical (unpaired) electrons. The number of carbonyl (C=O) groups is 1. The molecule has 1 unspecified atom stereocenters. The summed E-state index contributed by atoms with van der Waals surface area (Å²) in [5.41, 5.74) is 5.84. The van der Waals surface area contributed by atoms with Gasteiger partial charge < -0.3 is 16.4 Å². The van der Waals surface area contributed by atoms with Crippen molar-refractivity contribution in [2.75, 3.05) is 11.1 Å². The Bertz CT molecular complexity index is 479. The third kappa shape index (κ3) is 2.83. The van der Waals surface area contributed by atoms with Gasteiger partial charge >= 0.3 is 0 Å². The molecular weight excluding hydrogens is 260 g/mol. The molecule has 6 heteroatoms. The molecule has 2 fully saturated rings. The molecule has 0 aliphatic heterocycles. The third-order valence-electron chi connectivity index (χ3n) is 3.98. The molecule has 19 heavy (non-hydrogen) atoms. The van der Waals surface area contributed by atoms with E-state index in [0.29, 0.717) is 22.7 Å². The van der Waals surface area contributed by atoms with E-state index in [-0.39, 0.29) is 11.9 Å². The van der Waals surface area contributed by atoms with E-state index in [0.717, 1.165) is 5.13 Å². The van der Waals surface area contributed by atoms with Gasteiger partial charge in [-0.25, -0.2) is 4.98 Å². The summed E-state index contributed by atoms with van der Waals surface area (Å²) in [4.78, 5) is 16.9. The topological polar surface area (TPSA) is 80.0 Å². The lowest BCUT2D eigenvalue weighted by molar-refractivity contribution is 0.0940. The highest BCUT2D eigenvalue weighted by atomic mass is 32.1. The molecule has 0 spiro atoms. The highest BCUT2D eigenvalue weighted by Crippen LogP contribution is 2.33. The van der Waals surface area contributed by atoms with Crippen molar-refractivity contribution in [3.05, 3.63) is 4.88 Å². The number of rotatable bonds is 5. The second-order valence-corrected chi connectivity index (χ2v) is 6.60. The van der Waals surface area contributed by atoms with Crippen LogP contribution in [-0.4, -0.2) is 23.0 Å². The van der Waals surface area contributed by atoms with Gasteiger partial charge in [-0.15, -0.1) is 0 Å². The van der Waals surface area contributed by atoms with Crippen LogP contribution in [0, 0.1) is 5.92 Å². The normalized spacial score (nSPS) is 20.7. The molecule has 1 aromatic heterocycles. The lowest BCUT2D eigenvalue weighted by atomic mass is 9.93. The van der Waals surface area contributed by atoms with Gasteiger partial charge in [-0.05, 0) is 44.9 Å². The summed E-state index contributed by atoms with van der Waals surface area (Å²) in [6, 6.07) is 0.740. The van der Waals surface area contributed by atoms with E-state index in [9.17, 15) is 4.79 Å². The van der Waals surface area contributed by atoms with Crippen LogP contribution in [0.4, 0.5) is 10.9 Å². The molecule has 2 aliphatic carbocycles. The van der Waals surface area contributed by atoms with Crippen molar-refractivity contribution >= 4 is 28.2 Å². The lowest BCUT2D eigenvalue weighted by Crippen LogP contribution is -2.33. The summed E-state index contributed by atoms with van der Waals surface area (Å²) < 4.78 is 0. The van der Waals surface area contributed by atoms with Crippen molar-refractivity contribution in [2.24, 2.45) is 5.92 Å². The van der Waals surface area contributed by atoms with E-state index in [4.69, 9.17) is 5.73 Å². The van der Waals surface area contributed by atoms with Gasteiger partial charge in [-0.3, -0.25) is 4.79 Å². The molecule has 2 saturated carbocycles. The summed E-state index contributed by atoms with van der Waals surface area (Å²) in [7, 11) is 0. The molecule has 4 N–H and O–H groups in total. The Morgan fingerprint density at radius 1 is 1.42 bits per heavy atom. The van der Waals surface area contributed by atoms with Crippen molar-refractivity contribution in [1.29, 1.82) is 0 Å². The van der Waals surface area contributed by atoms with Gasteiger partial charge in [0, 0.05) is 12.1 Å². The van der Waals surface area contributed by atoms with Gasteiger partial charge in [-0.2, -0.15) is 0 Å². The van der Waals surface area contributed by atoms with Crippen LogP contribution in [0.3, 0.4) is 0 Å². The van der Waals surface area contributed by atoms with Gasteiger partial charge in [0.25, 0.3) is 5.91 Å². The molecule has 0 aromatic carbocycles. The maximum atomic E-state index is 12.1. The number of hydrogen-bond acceptors (Lipinski definition) is 5. The van der Waals surface area contributed by atoms with Gasteiger partial charge in [0.05, 0.1) is 0 Å².